The molecule has 0 aromatic heterocycles. The van der Waals surface area contributed by atoms with Crippen molar-refractivity contribution in [2.24, 2.45) is 0 Å². The van der Waals surface area contributed by atoms with Crippen molar-refractivity contribution >= 4 is 39.5 Å². The predicted molar refractivity (Wildman–Crippen MR) is 202 cm³/mol. The molecular weight excluding hydrogens is 766 g/mol. The number of hydrogen-bond acceptors (Lipinski definition) is 15. The van der Waals surface area contributed by atoms with Gasteiger partial charge in [0.2, 0.25) is 0 Å². The van der Waals surface area contributed by atoms with Crippen LogP contribution in [-0.2, 0) is 65.4 Å². The van der Waals surface area contributed by atoms with Gasteiger partial charge in [0.1, 0.15) is 19.3 Å². The van der Waals surface area contributed by atoms with Gasteiger partial charge >= 0.3 is 39.5 Å². The van der Waals surface area contributed by atoms with Crippen molar-refractivity contribution in [3.05, 3.63) is 0 Å². The van der Waals surface area contributed by atoms with Gasteiger partial charge < -0.3 is 33.8 Å². The molecule has 0 aromatic carbocycles. The molecule has 0 bridgehead atoms. The molecule has 0 aliphatic carbocycles. The van der Waals surface area contributed by atoms with Crippen molar-refractivity contribution in [3.63, 3.8) is 0 Å². The molecule has 17 nitrogen and oxygen atoms in total. The molecule has 0 heterocycles. The van der Waals surface area contributed by atoms with Crippen LogP contribution in [-0.4, -0.2) is 96.7 Å². The summed E-state index contributed by atoms with van der Waals surface area (Å²) in [6.07, 6.45) is 8.99. The van der Waals surface area contributed by atoms with E-state index in [0.29, 0.717) is 25.7 Å². The SMILES string of the molecule is CCCCCCCCC(=O)O[C@H](COC(=O)CCCC)COP(=O)(O)OC[C@H](O)COP(=O)(O)OC[C@@H](COC(=O)CCCCCC)OC(=O)CCCCC. The summed E-state index contributed by atoms with van der Waals surface area (Å²) in [4.78, 5) is 69.2. The zero-order valence-corrected chi connectivity index (χ0v) is 35.2. The summed E-state index contributed by atoms with van der Waals surface area (Å²) in [6, 6.07) is 0. The van der Waals surface area contributed by atoms with Crippen LogP contribution in [0.5, 0.6) is 0 Å². The standard InChI is InChI=1S/C36H68O17P2/c1-5-9-13-15-16-19-23-36(41)53-31(26-46-33(38)20-12-8-4)28-50-54(42,43)48-24-30(37)25-49-55(44,45)51-29-32(52-35(40)22-17-11-7-3)27-47-34(39)21-18-14-10-6-2/h30-32,37H,5-29H2,1-4H3,(H,42,43)(H,44,45)/t30-,31+,32+/m0/s1. The highest BCUT2D eigenvalue weighted by Crippen LogP contribution is 2.45. The van der Waals surface area contributed by atoms with E-state index in [9.17, 15) is 43.2 Å². The van der Waals surface area contributed by atoms with E-state index >= 15 is 0 Å². The summed E-state index contributed by atoms with van der Waals surface area (Å²) in [6.45, 7) is 4.01. The molecule has 5 atom stereocenters. The van der Waals surface area contributed by atoms with Gasteiger partial charge in [0.05, 0.1) is 26.4 Å². The zero-order chi connectivity index (χ0) is 41.4. The van der Waals surface area contributed by atoms with E-state index in [0.717, 1.165) is 70.6 Å². The Hall–Kier alpha value is -1.94. The molecule has 19 heteroatoms. The van der Waals surface area contributed by atoms with Gasteiger partial charge in [-0.3, -0.25) is 37.3 Å². The third-order valence-corrected chi connectivity index (χ3v) is 9.75. The minimum atomic E-state index is -4.89. The fourth-order valence-corrected chi connectivity index (χ4v) is 6.24. The molecule has 55 heavy (non-hydrogen) atoms. The second-order valence-electron chi connectivity index (χ2n) is 13.3. The Morgan fingerprint density at radius 1 is 0.436 bits per heavy atom. The molecule has 0 saturated heterocycles. The molecule has 324 valence electrons. The van der Waals surface area contributed by atoms with Gasteiger partial charge in [0.15, 0.2) is 12.2 Å². The Morgan fingerprint density at radius 3 is 1.18 bits per heavy atom. The molecule has 0 aromatic rings. The second kappa shape index (κ2) is 33.1. The molecule has 3 N–H and O–H groups in total. The molecule has 0 saturated carbocycles. The van der Waals surface area contributed by atoms with Crippen molar-refractivity contribution in [2.75, 3.05) is 39.6 Å². The van der Waals surface area contributed by atoms with Crippen LogP contribution in [0.25, 0.3) is 0 Å². The zero-order valence-electron chi connectivity index (χ0n) is 33.4. The smallest absolute Gasteiger partial charge is 0.462 e. The van der Waals surface area contributed by atoms with Crippen LogP contribution in [0.1, 0.15) is 150 Å². The largest absolute Gasteiger partial charge is 0.472 e. The Morgan fingerprint density at radius 2 is 0.745 bits per heavy atom. The predicted octanol–water partition coefficient (Wildman–Crippen LogP) is 7.02. The van der Waals surface area contributed by atoms with E-state index in [-0.39, 0.29) is 25.7 Å². The van der Waals surface area contributed by atoms with Crippen LogP contribution in [0.2, 0.25) is 0 Å². The number of ether oxygens (including phenoxy) is 4. The number of carbonyl (C=O) groups excluding carboxylic acids is 4. The van der Waals surface area contributed by atoms with Crippen LogP contribution in [0.3, 0.4) is 0 Å². The lowest BCUT2D eigenvalue weighted by molar-refractivity contribution is -0.161. The summed E-state index contributed by atoms with van der Waals surface area (Å²) in [5.74, 6) is -2.26. The number of phosphoric acid groups is 2. The van der Waals surface area contributed by atoms with Crippen LogP contribution in [0.15, 0.2) is 0 Å². The minimum absolute atomic E-state index is 0.0881. The van der Waals surface area contributed by atoms with Crippen molar-refractivity contribution in [1.82, 2.24) is 0 Å². The normalized spacial score (nSPS) is 15.3. The highest BCUT2D eigenvalue weighted by molar-refractivity contribution is 7.47. The maximum Gasteiger partial charge on any atom is 0.472 e. The number of aliphatic hydroxyl groups is 1. The third kappa shape index (κ3) is 32.8. The fraction of sp³-hybridized carbons (Fsp3) is 0.889. The lowest BCUT2D eigenvalue weighted by atomic mass is 10.1. The van der Waals surface area contributed by atoms with E-state index in [2.05, 4.69) is 6.92 Å². The first-order chi connectivity index (χ1) is 26.2. The number of hydrogen-bond donors (Lipinski definition) is 3. The number of unbranched alkanes of at least 4 members (excludes halogenated alkanes) is 11. The first-order valence-corrected chi connectivity index (χ1v) is 22.8. The molecule has 0 spiro atoms. The average molecular weight is 835 g/mol. The van der Waals surface area contributed by atoms with Gasteiger partial charge in [0.25, 0.3) is 0 Å². The topological polar surface area (TPSA) is 237 Å². The van der Waals surface area contributed by atoms with E-state index in [4.69, 9.17) is 37.0 Å². The van der Waals surface area contributed by atoms with Gasteiger partial charge in [-0.15, -0.1) is 0 Å². The lowest BCUT2D eigenvalue weighted by Gasteiger charge is -2.21. The summed E-state index contributed by atoms with van der Waals surface area (Å²) >= 11 is 0. The van der Waals surface area contributed by atoms with Gasteiger partial charge in [-0.1, -0.05) is 98.3 Å². The van der Waals surface area contributed by atoms with Gasteiger partial charge in [-0.25, -0.2) is 9.13 Å². The maximum absolute atomic E-state index is 12.5. The van der Waals surface area contributed by atoms with Gasteiger partial charge in [-0.05, 0) is 25.7 Å². The van der Waals surface area contributed by atoms with Gasteiger partial charge in [0, 0.05) is 25.7 Å². The number of phosphoric ester groups is 2. The quantitative estimate of drug-likeness (QED) is 0.0247. The summed E-state index contributed by atoms with van der Waals surface area (Å²) < 4.78 is 65.4. The number of esters is 4. The molecular formula is C36H68O17P2. The Kier molecular flexibility index (Phi) is 31.9. The molecule has 0 rings (SSSR count). The summed E-state index contributed by atoms with van der Waals surface area (Å²) in [5, 5.41) is 10.2. The number of rotatable bonds is 37. The van der Waals surface area contributed by atoms with Crippen LogP contribution in [0, 0.1) is 0 Å². The highest BCUT2D eigenvalue weighted by Gasteiger charge is 2.30. The Bertz CT molecular complexity index is 1140. The van der Waals surface area contributed by atoms with E-state index in [1.165, 1.54) is 0 Å². The Labute approximate surface area is 327 Å². The molecule has 0 aliphatic rings. The van der Waals surface area contributed by atoms with Crippen LogP contribution < -0.4 is 0 Å². The first-order valence-electron chi connectivity index (χ1n) is 19.8. The molecule has 0 radical (unpaired) electrons. The fourth-order valence-electron chi connectivity index (χ4n) is 4.66. The van der Waals surface area contributed by atoms with Crippen molar-refractivity contribution in [2.45, 2.75) is 168 Å². The lowest BCUT2D eigenvalue weighted by Crippen LogP contribution is -2.30. The maximum atomic E-state index is 12.5. The summed E-state index contributed by atoms with van der Waals surface area (Å²) in [7, 11) is -9.77. The molecule has 0 amide bonds. The molecule has 0 aliphatic heterocycles. The average Bonchev–Trinajstić information content (AvgIpc) is 3.14. The molecule has 0 fully saturated rings. The highest BCUT2D eigenvalue weighted by atomic mass is 31.2. The molecule has 2 unspecified atom stereocenters. The minimum Gasteiger partial charge on any atom is -0.462 e. The van der Waals surface area contributed by atoms with Crippen molar-refractivity contribution in [1.29, 1.82) is 0 Å². The van der Waals surface area contributed by atoms with Gasteiger partial charge in [-0.2, -0.15) is 0 Å². The van der Waals surface area contributed by atoms with Crippen LogP contribution >= 0.6 is 15.6 Å². The summed E-state index contributed by atoms with van der Waals surface area (Å²) in [5.41, 5.74) is 0. The van der Waals surface area contributed by atoms with Crippen molar-refractivity contribution in [3.8, 4) is 0 Å². The Balaban J connectivity index is 5.02. The van der Waals surface area contributed by atoms with Crippen molar-refractivity contribution < 1.29 is 80.2 Å². The number of aliphatic hydroxyl groups excluding tert-OH is 1. The second-order valence-corrected chi connectivity index (χ2v) is 16.2. The van der Waals surface area contributed by atoms with E-state index in [1.807, 2.05) is 20.8 Å². The monoisotopic (exact) mass is 834 g/mol. The first kappa shape index (κ1) is 53.1. The van der Waals surface area contributed by atoms with E-state index < -0.39 is 97.5 Å². The third-order valence-electron chi connectivity index (χ3n) is 7.85. The number of carbonyl (C=O) groups is 4. The van der Waals surface area contributed by atoms with E-state index in [1.54, 1.807) is 0 Å². The van der Waals surface area contributed by atoms with Crippen LogP contribution in [0.4, 0.5) is 0 Å².